The molecule has 0 aliphatic rings. The topological polar surface area (TPSA) is 35.0 Å². The summed E-state index contributed by atoms with van der Waals surface area (Å²) in [6.07, 6.45) is 1.79. The zero-order valence-corrected chi connectivity index (χ0v) is 9.96. The first kappa shape index (κ1) is 12.9. The fourth-order valence-corrected chi connectivity index (χ4v) is 0.917. The van der Waals surface area contributed by atoms with Gasteiger partial charge in [0.15, 0.2) is 0 Å². The van der Waals surface area contributed by atoms with Gasteiger partial charge in [0.1, 0.15) is 0 Å². The molecular weight excluding hydrogens is 176 g/mol. The highest BCUT2D eigenvalue weighted by molar-refractivity contribution is 5.19. The maximum atomic E-state index is 5.06. The lowest BCUT2D eigenvalue weighted by Gasteiger charge is -2.07. The van der Waals surface area contributed by atoms with E-state index in [-0.39, 0.29) is 0 Å². The van der Waals surface area contributed by atoms with Crippen molar-refractivity contribution in [3.05, 3.63) is 17.6 Å². The van der Waals surface area contributed by atoms with Crippen molar-refractivity contribution in [3.63, 3.8) is 0 Å². The highest BCUT2D eigenvalue weighted by Gasteiger charge is 2.05. The number of hydrogen-bond donors (Lipinski definition) is 0. The molecule has 3 heteroatoms. The van der Waals surface area contributed by atoms with E-state index in [1.807, 2.05) is 20.8 Å². The van der Waals surface area contributed by atoms with Crippen molar-refractivity contribution < 1.29 is 4.74 Å². The van der Waals surface area contributed by atoms with Crippen molar-refractivity contribution in [3.8, 4) is 5.88 Å². The SMILES string of the molecule is CC.COc1nc(C(C)C)cnc1C. The number of nitrogens with zero attached hydrogens (tertiary/aromatic N) is 2. The van der Waals surface area contributed by atoms with E-state index in [1.165, 1.54) is 0 Å². The summed E-state index contributed by atoms with van der Waals surface area (Å²) in [6.45, 7) is 10.0. The predicted octanol–water partition coefficient (Wildman–Crippen LogP) is 2.94. The first-order chi connectivity index (χ1) is 6.65. The quantitative estimate of drug-likeness (QED) is 0.729. The summed E-state index contributed by atoms with van der Waals surface area (Å²) in [7, 11) is 1.61. The summed E-state index contributed by atoms with van der Waals surface area (Å²) in [4.78, 5) is 8.49. The Hall–Kier alpha value is -1.12. The molecule has 0 amide bonds. The van der Waals surface area contributed by atoms with Gasteiger partial charge in [-0.2, -0.15) is 0 Å². The summed E-state index contributed by atoms with van der Waals surface area (Å²) in [5.74, 6) is 1.02. The van der Waals surface area contributed by atoms with Gasteiger partial charge >= 0.3 is 0 Å². The van der Waals surface area contributed by atoms with Gasteiger partial charge in [-0.1, -0.05) is 27.7 Å². The Kier molecular flexibility index (Phi) is 5.84. The second-order valence-corrected chi connectivity index (χ2v) is 3.04. The molecule has 0 fully saturated rings. The van der Waals surface area contributed by atoms with Gasteiger partial charge in [-0.15, -0.1) is 0 Å². The molecule has 0 saturated carbocycles. The molecule has 0 aromatic carbocycles. The zero-order chi connectivity index (χ0) is 11.1. The van der Waals surface area contributed by atoms with Crippen LogP contribution in [-0.4, -0.2) is 17.1 Å². The van der Waals surface area contributed by atoms with Crippen LogP contribution in [0.4, 0.5) is 0 Å². The molecule has 80 valence electrons. The molecule has 0 spiro atoms. The Balaban J connectivity index is 0.000000791. The lowest BCUT2D eigenvalue weighted by atomic mass is 10.1. The highest BCUT2D eigenvalue weighted by Crippen LogP contribution is 2.16. The van der Waals surface area contributed by atoms with E-state index < -0.39 is 0 Å². The van der Waals surface area contributed by atoms with Crippen molar-refractivity contribution in [2.24, 2.45) is 0 Å². The second-order valence-electron chi connectivity index (χ2n) is 3.04. The van der Waals surface area contributed by atoms with Crippen LogP contribution in [0.25, 0.3) is 0 Å². The minimum atomic E-state index is 0.395. The van der Waals surface area contributed by atoms with Gasteiger partial charge in [0.25, 0.3) is 0 Å². The Bertz CT molecular complexity index is 272. The van der Waals surface area contributed by atoms with Gasteiger partial charge in [0.2, 0.25) is 5.88 Å². The summed E-state index contributed by atoms with van der Waals surface area (Å²) in [5.41, 5.74) is 1.80. The Labute approximate surface area is 86.5 Å². The minimum Gasteiger partial charge on any atom is -0.480 e. The third kappa shape index (κ3) is 3.32. The van der Waals surface area contributed by atoms with Crippen molar-refractivity contribution in [2.45, 2.75) is 40.5 Å². The molecule has 0 aliphatic carbocycles. The van der Waals surface area contributed by atoms with E-state index in [1.54, 1.807) is 13.3 Å². The first-order valence-corrected chi connectivity index (χ1v) is 5.02. The number of hydrogen-bond acceptors (Lipinski definition) is 3. The lowest BCUT2D eigenvalue weighted by Crippen LogP contribution is -1.99. The number of aromatic nitrogens is 2. The minimum absolute atomic E-state index is 0.395. The monoisotopic (exact) mass is 196 g/mol. The third-order valence-corrected chi connectivity index (χ3v) is 1.72. The molecule has 0 atom stereocenters. The van der Waals surface area contributed by atoms with Gasteiger partial charge in [-0.3, -0.25) is 4.98 Å². The fourth-order valence-electron chi connectivity index (χ4n) is 0.917. The van der Waals surface area contributed by atoms with Crippen molar-refractivity contribution >= 4 is 0 Å². The molecule has 0 aliphatic heterocycles. The molecule has 1 rings (SSSR count). The molecule has 1 heterocycles. The second kappa shape index (κ2) is 6.35. The normalized spacial score (nSPS) is 9.36. The fraction of sp³-hybridized carbons (Fsp3) is 0.636. The summed E-state index contributed by atoms with van der Waals surface area (Å²) in [5, 5.41) is 0. The van der Waals surface area contributed by atoms with Crippen molar-refractivity contribution in [2.75, 3.05) is 7.11 Å². The number of methoxy groups -OCH3 is 1. The average molecular weight is 196 g/mol. The lowest BCUT2D eigenvalue weighted by molar-refractivity contribution is 0.389. The molecule has 14 heavy (non-hydrogen) atoms. The molecule has 0 saturated heterocycles. The van der Waals surface area contributed by atoms with Crippen LogP contribution in [0, 0.1) is 6.92 Å². The Morgan fingerprint density at radius 1 is 1.29 bits per heavy atom. The third-order valence-electron chi connectivity index (χ3n) is 1.72. The predicted molar refractivity (Wildman–Crippen MR) is 58.8 cm³/mol. The molecule has 3 nitrogen and oxygen atoms in total. The van der Waals surface area contributed by atoms with Crippen LogP contribution in [0.15, 0.2) is 6.20 Å². The highest BCUT2D eigenvalue weighted by atomic mass is 16.5. The van der Waals surface area contributed by atoms with Crippen molar-refractivity contribution in [1.82, 2.24) is 9.97 Å². The van der Waals surface area contributed by atoms with E-state index in [0.717, 1.165) is 11.4 Å². The van der Waals surface area contributed by atoms with Crippen LogP contribution < -0.4 is 4.74 Å². The average Bonchev–Trinajstić information content (AvgIpc) is 2.21. The van der Waals surface area contributed by atoms with E-state index >= 15 is 0 Å². The molecule has 0 radical (unpaired) electrons. The summed E-state index contributed by atoms with van der Waals surface area (Å²) < 4.78 is 5.06. The van der Waals surface area contributed by atoms with Gasteiger partial charge in [-0.05, 0) is 12.8 Å². The van der Waals surface area contributed by atoms with Crippen LogP contribution >= 0.6 is 0 Å². The smallest absolute Gasteiger partial charge is 0.235 e. The molecule has 0 N–H and O–H groups in total. The van der Waals surface area contributed by atoms with E-state index in [2.05, 4.69) is 23.8 Å². The van der Waals surface area contributed by atoms with Gasteiger partial charge in [-0.25, -0.2) is 4.98 Å². The van der Waals surface area contributed by atoms with Gasteiger partial charge < -0.3 is 4.74 Å². The van der Waals surface area contributed by atoms with Crippen molar-refractivity contribution in [1.29, 1.82) is 0 Å². The Morgan fingerprint density at radius 3 is 2.29 bits per heavy atom. The maximum Gasteiger partial charge on any atom is 0.235 e. The van der Waals surface area contributed by atoms with Crippen LogP contribution in [0.5, 0.6) is 5.88 Å². The standard InChI is InChI=1S/C9H14N2O.C2H6/c1-6(2)8-5-10-7(3)9(11-8)12-4;1-2/h5-6H,1-4H3;1-2H3. The zero-order valence-electron chi connectivity index (χ0n) is 9.96. The molecule has 1 aromatic heterocycles. The van der Waals surface area contributed by atoms with E-state index in [0.29, 0.717) is 11.8 Å². The Morgan fingerprint density at radius 2 is 1.86 bits per heavy atom. The molecular formula is C11H20N2O. The number of ether oxygens (including phenoxy) is 1. The molecule has 0 bridgehead atoms. The molecule has 0 unspecified atom stereocenters. The van der Waals surface area contributed by atoms with E-state index in [4.69, 9.17) is 4.74 Å². The largest absolute Gasteiger partial charge is 0.480 e. The molecule has 1 aromatic rings. The van der Waals surface area contributed by atoms with Crippen LogP contribution in [0.3, 0.4) is 0 Å². The summed E-state index contributed by atoms with van der Waals surface area (Å²) in [6, 6.07) is 0. The maximum absolute atomic E-state index is 5.06. The number of rotatable bonds is 2. The van der Waals surface area contributed by atoms with Crippen LogP contribution in [0.1, 0.15) is 45.0 Å². The number of aryl methyl sites for hydroxylation is 1. The van der Waals surface area contributed by atoms with Crippen LogP contribution in [-0.2, 0) is 0 Å². The van der Waals surface area contributed by atoms with E-state index in [9.17, 15) is 0 Å². The van der Waals surface area contributed by atoms with Gasteiger partial charge in [0.05, 0.1) is 18.5 Å². The first-order valence-electron chi connectivity index (χ1n) is 5.02. The summed E-state index contributed by atoms with van der Waals surface area (Å²) >= 11 is 0. The van der Waals surface area contributed by atoms with Gasteiger partial charge in [0, 0.05) is 6.20 Å². The van der Waals surface area contributed by atoms with Crippen LogP contribution in [0.2, 0.25) is 0 Å².